The Balaban J connectivity index is 2.42. The minimum Gasteiger partial charge on any atom is -0.411 e. The summed E-state index contributed by atoms with van der Waals surface area (Å²) in [5, 5.41) is 17.0. The smallest absolute Gasteiger partial charge is 0.106 e. The van der Waals surface area contributed by atoms with Gasteiger partial charge < -0.3 is 10.0 Å². The van der Waals surface area contributed by atoms with Crippen molar-refractivity contribution in [3.63, 3.8) is 0 Å². The maximum atomic E-state index is 8.68. The second kappa shape index (κ2) is 9.77. The molecule has 0 aliphatic carbocycles. The first-order valence-electron chi connectivity index (χ1n) is 8.73. The lowest BCUT2D eigenvalue weighted by atomic mass is 9.88. The zero-order valence-corrected chi connectivity index (χ0v) is 17.4. The molecule has 0 aromatic heterocycles. The Hall–Kier alpha value is -2.04. The molecule has 1 atom stereocenters. The van der Waals surface area contributed by atoms with Crippen molar-refractivity contribution in [3.8, 4) is 0 Å². The molecule has 6 heteroatoms. The number of benzene rings is 2. The molecule has 0 bridgehead atoms. The third-order valence-corrected chi connectivity index (χ3v) is 5.27. The zero-order valence-electron chi connectivity index (χ0n) is 15.9. The van der Waals surface area contributed by atoms with Crippen LogP contribution in [0.25, 0.3) is 0 Å². The third kappa shape index (κ3) is 5.24. The molecule has 0 radical (unpaired) electrons. The summed E-state index contributed by atoms with van der Waals surface area (Å²) in [4.78, 5) is 4.84. The maximum Gasteiger partial charge on any atom is 0.106 e. The second-order valence-electron chi connectivity index (χ2n) is 6.74. The van der Waals surface area contributed by atoms with Gasteiger partial charge in [-0.05, 0) is 46.6 Å². The highest BCUT2D eigenvalue weighted by Gasteiger charge is 2.18. The summed E-state index contributed by atoms with van der Waals surface area (Å²) in [5.74, 6) is 0.452. The lowest BCUT2D eigenvalue weighted by Crippen LogP contribution is -2.06. The van der Waals surface area contributed by atoms with Crippen LogP contribution in [0.15, 0.2) is 40.6 Å². The van der Waals surface area contributed by atoms with Crippen LogP contribution in [0.4, 0.5) is 0 Å². The minimum atomic E-state index is 0.132. The Morgan fingerprint density at radius 2 is 1.78 bits per heavy atom. The quantitative estimate of drug-likeness (QED) is 0.335. The van der Waals surface area contributed by atoms with Gasteiger partial charge in [0, 0.05) is 15.6 Å². The van der Waals surface area contributed by atoms with Crippen LogP contribution in [0.2, 0.25) is 10.0 Å². The predicted octanol–water partition coefficient (Wildman–Crippen LogP) is 6.25. The van der Waals surface area contributed by atoms with E-state index in [4.69, 9.17) is 33.2 Å². The van der Waals surface area contributed by atoms with E-state index in [2.05, 4.69) is 31.1 Å². The van der Waals surface area contributed by atoms with Crippen molar-refractivity contribution in [2.24, 2.45) is 10.3 Å². The molecule has 1 unspecified atom stereocenters. The second-order valence-corrected chi connectivity index (χ2v) is 7.52. The van der Waals surface area contributed by atoms with E-state index in [0.29, 0.717) is 17.4 Å². The largest absolute Gasteiger partial charge is 0.411 e. The van der Waals surface area contributed by atoms with Gasteiger partial charge in [-0.1, -0.05) is 78.5 Å². The molecule has 2 aromatic carbocycles. The van der Waals surface area contributed by atoms with Gasteiger partial charge in [-0.3, -0.25) is 0 Å². The van der Waals surface area contributed by atoms with Crippen LogP contribution in [-0.4, -0.2) is 24.7 Å². The minimum absolute atomic E-state index is 0.132. The van der Waals surface area contributed by atoms with E-state index in [1.54, 1.807) is 12.3 Å². The maximum absolute atomic E-state index is 8.68. The number of rotatable bonds is 7. The van der Waals surface area contributed by atoms with Crippen molar-refractivity contribution in [2.45, 2.75) is 39.0 Å². The molecule has 4 nitrogen and oxygen atoms in total. The molecule has 2 aromatic rings. The van der Waals surface area contributed by atoms with E-state index >= 15 is 0 Å². The van der Waals surface area contributed by atoms with Gasteiger partial charge in [-0.25, -0.2) is 0 Å². The predicted molar refractivity (Wildman–Crippen MR) is 113 cm³/mol. The molecular weight excluding hydrogens is 383 g/mol. The van der Waals surface area contributed by atoms with E-state index < -0.39 is 0 Å². The van der Waals surface area contributed by atoms with Gasteiger partial charge >= 0.3 is 0 Å². The van der Waals surface area contributed by atoms with Crippen molar-refractivity contribution in [3.05, 3.63) is 68.2 Å². The molecule has 1 N–H and O–H groups in total. The first-order chi connectivity index (χ1) is 12.9. The highest BCUT2D eigenvalue weighted by Crippen LogP contribution is 2.35. The summed E-state index contributed by atoms with van der Waals surface area (Å²) in [6.45, 7) is 6.35. The molecular formula is C21H24Cl2N2O2. The summed E-state index contributed by atoms with van der Waals surface area (Å²) in [6.07, 6.45) is 3.74. The van der Waals surface area contributed by atoms with E-state index in [1.165, 1.54) is 13.3 Å². The summed E-state index contributed by atoms with van der Waals surface area (Å²) in [7, 11) is 1.51. The zero-order chi connectivity index (χ0) is 20.0. The Labute approximate surface area is 170 Å². The fraction of sp³-hybridized carbons (Fsp3) is 0.333. The fourth-order valence-corrected chi connectivity index (χ4v) is 3.89. The Bertz CT molecular complexity index is 848. The molecule has 0 spiro atoms. The normalized spacial score (nSPS) is 13.0. The monoisotopic (exact) mass is 406 g/mol. The number of oxime groups is 2. The SMILES string of the molecule is CO/N=C/c1ccc(C(C)C)c(Cl)c1CC(C)c1ccc(/C=N/O)cc1Cl. The first-order valence-corrected chi connectivity index (χ1v) is 9.49. The fourth-order valence-electron chi connectivity index (χ4n) is 3.04. The molecule has 144 valence electrons. The van der Waals surface area contributed by atoms with Gasteiger partial charge in [-0.2, -0.15) is 0 Å². The lowest BCUT2D eigenvalue weighted by molar-refractivity contribution is 0.215. The van der Waals surface area contributed by atoms with Gasteiger partial charge in [0.15, 0.2) is 0 Å². The van der Waals surface area contributed by atoms with Crippen molar-refractivity contribution in [1.82, 2.24) is 0 Å². The summed E-state index contributed by atoms with van der Waals surface area (Å²) in [5.41, 5.74) is 4.80. The van der Waals surface area contributed by atoms with Crippen molar-refractivity contribution < 1.29 is 10.0 Å². The Morgan fingerprint density at radius 1 is 1.07 bits per heavy atom. The van der Waals surface area contributed by atoms with Gasteiger partial charge in [0.2, 0.25) is 0 Å². The molecule has 0 amide bonds. The first kappa shape index (κ1) is 21.3. The molecule has 0 heterocycles. The summed E-state index contributed by atoms with van der Waals surface area (Å²) in [6, 6.07) is 9.67. The molecule has 2 rings (SSSR count). The van der Waals surface area contributed by atoms with Crippen LogP contribution in [0, 0.1) is 0 Å². The number of hydrogen-bond donors (Lipinski definition) is 1. The summed E-state index contributed by atoms with van der Waals surface area (Å²) < 4.78 is 0. The highest BCUT2D eigenvalue weighted by molar-refractivity contribution is 6.32. The van der Waals surface area contributed by atoms with Crippen molar-refractivity contribution in [2.75, 3.05) is 7.11 Å². The standard InChI is InChI=1S/C21H24Cl2N2O2/c1-13(2)17-8-6-16(12-25-27-4)19(21(17)23)9-14(3)18-7-5-15(11-24-26)10-20(18)22/h5-8,10-14,26H,9H2,1-4H3/b24-11+,25-12+. The van der Waals surface area contributed by atoms with E-state index in [9.17, 15) is 0 Å². The molecule has 27 heavy (non-hydrogen) atoms. The van der Waals surface area contributed by atoms with Crippen molar-refractivity contribution in [1.29, 1.82) is 0 Å². The van der Waals surface area contributed by atoms with Gasteiger partial charge in [0.05, 0.1) is 12.4 Å². The van der Waals surface area contributed by atoms with Gasteiger partial charge in [0.1, 0.15) is 7.11 Å². The number of halogens is 2. The number of hydrogen-bond acceptors (Lipinski definition) is 4. The van der Waals surface area contributed by atoms with Crippen LogP contribution in [-0.2, 0) is 11.3 Å². The topological polar surface area (TPSA) is 54.2 Å². The average molecular weight is 407 g/mol. The Kier molecular flexibility index (Phi) is 7.69. The Morgan fingerprint density at radius 3 is 2.37 bits per heavy atom. The summed E-state index contributed by atoms with van der Waals surface area (Å²) >= 11 is 13.2. The highest BCUT2D eigenvalue weighted by atomic mass is 35.5. The molecule has 0 saturated carbocycles. The lowest BCUT2D eigenvalue weighted by Gasteiger charge is -2.19. The van der Waals surface area contributed by atoms with Gasteiger partial charge in [-0.15, -0.1) is 0 Å². The van der Waals surface area contributed by atoms with Crippen molar-refractivity contribution >= 4 is 35.6 Å². The molecule has 0 aliphatic heterocycles. The molecule has 0 aliphatic rings. The molecule has 0 saturated heterocycles. The van der Waals surface area contributed by atoms with Gasteiger partial charge in [0.25, 0.3) is 0 Å². The number of nitrogens with zero attached hydrogens (tertiary/aromatic N) is 2. The molecule has 0 fully saturated rings. The van der Waals surface area contributed by atoms with Crippen LogP contribution in [0.5, 0.6) is 0 Å². The van der Waals surface area contributed by atoms with Crippen LogP contribution < -0.4 is 0 Å². The van der Waals surface area contributed by atoms with E-state index in [0.717, 1.165) is 32.8 Å². The van der Waals surface area contributed by atoms with E-state index in [-0.39, 0.29) is 5.92 Å². The average Bonchev–Trinajstić information content (AvgIpc) is 2.62. The van der Waals surface area contributed by atoms with Crippen LogP contribution in [0.3, 0.4) is 0 Å². The van der Waals surface area contributed by atoms with Crippen LogP contribution >= 0.6 is 23.2 Å². The van der Waals surface area contributed by atoms with Crippen LogP contribution in [0.1, 0.15) is 60.4 Å². The third-order valence-electron chi connectivity index (χ3n) is 4.50. The van der Waals surface area contributed by atoms with E-state index in [1.807, 2.05) is 24.3 Å².